The summed E-state index contributed by atoms with van der Waals surface area (Å²) in [6.45, 7) is 12.6. The summed E-state index contributed by atoms with van der Waals surface area (Å²) in [5, 5.41) is 0. The Labute approximate surface area is 242 Å². The van der Waals surface area contributed by atoms with Gasteiger partial charge in [0.05, 0.1) is 0 Å². The van der Waals surface area contributed by atoms with Crippen LogP contribution in [0.25, 0.3) is 27.8 Å². The van der Waals surface area contributed by atoms with E-state index in [1.165, 1.54) is 27.8 Å². The highest BCUT2D eigenvalue weighted by atomic mass is 16.5. The summed E-state index contributed by atoms with van der Waals surface area (Å²) in [5.74, 6) is 0.751. The SMILES string of the molecule is C=C/C(=C1/OC2CC=CC=C2C1=C)c1ccc(C(=O)c2ccc(-c3cccc(-c4ccccc4C)c3C)cc2)cc1. The molecule has 2 nitrogen and oxygen atoms in total. The highest BCUT2D eigenvalue weighted by Crippen LogP contribution is 2.41. The fraction of sp³-hybridized carbons (Fsp3) is 0.103. The van der Waals surface area contributed by atoms with Gasteiger partial charge in [-0.25, -0.2) is 0 Å². The van der Waals surface area contributed by atoms with Gasteiger partial charge < -0.3 is 4.74 Å². The lowest BCUT2D eigenvalue weighted by atomic mass is 9.90. The summed E-state index contributed by atoms with van der Waals surface area (Å²) in [5.41, 5.74) is 12.4. The molecule has 1 unspecified atom stereocenters. The number of benzene rings is 4. The molecule has 1 aliphatic heterocycles. The van der Waals surface area contributed by atoms with Crippen molar-refractivity contribution < 1.29 is 9.53 Å². The number of carbonyl (C=O) groups excluding carboxylic acids is 1. The third kappa shape index (κ3) is 4.83. The molecule has 4 aromatic rings. The Hall–Kier alpha value is -4.95. The van der Waals surface area contributed by atoms with Crippen molar-refractivity contribution >= 4 is 11.4 Å². The molecule has 0 spiro atoms. The Kier molecular flexibility index (Phi) is 6.99. The molecule has 0 saturated carbocycles. The molecule has 41 heavy (non-hydrogen) atoms. The normalized spacial score (nSPS) is 17.0. The van der Waals surface area contributed by atoms with Crippen molar-refractivity contribution in [1.82, 2.24) is 0 Å². The van der Waals surface area contributed by atoms with E-state index in [-0.39, 0.29) is 11.9 Å². The van der Waals surface area contributed by atoms with E-state index in [4.69, 9.17) is 4.74 Å². The quantitative estimate of drug-likeness (QED) is 0.231. The number of hydrogen-bond acceptors (Lipinski definition) is 2. The first kappa shape index (κ1) is 26.3. The van der Waals surface area contributed by atoms with Gasteiger partial charge in [-0.15, -0.1) is 0 Å². The van der Waals surface area contributed by atoms with Crippen LogP contribution < -0.4 is 0 Å². The molecule has 1 atom stereocenters. The van der Waals surface area contributed by atoms with Gasteiger partial charge in [0.1, 0.15) is 11.9 Å². The lowest BCUT2D eigenvalue weighted by Gasteiger charge is -2.14. The smallest absolute Gasteiger partial charge is 0.193 e. The monoisotopic (exact) mass is 532 g/mol. The largest absolute Gasteiger partial charge is 0.484 e. The molecule has 2 aliphatic rings. The lowest BCUT2D eigenvalue weighted by Crippen LogP contribution is -2.07. The maximum absolute atomic E-state index is 13.4. The number of fused-ring (bicyclic) bond motifs is 1. The van der Waals surface area contributed by atoms with E-state index < -0.39 is 0 Å². The van der Waals surface area contributed by atoms with Crippen molar-refractivity contribution in [2.24, 2.45) is 0 Å². The topological polar surface area (TPSA) is 26.3 Å². The third-order valence-corrected chi connectivity index (χ3v) is 8.13. The van der Waals surface area contributed by atoms with E-state index in [9.17, 15) is 4.79 Å². The predicted molar refractivity (Wildman–Crippen MR) is 170 cm³/mol. The molecule has 0 N–H and O–H groups in total. The number of aryl methyl sites for hydroxylation is 1. The van der Waals surface area contributed by atoms with Gasteiger partial charge in [0.2, 0.25) is 0 Å². The van der Waals surface area contributed by atoms with Crippen LogP contribution in [0.15, 0.2) is 145 Å². The molecule has 4 aromatic carbocycles. The molecule has 0 amide bonds. The second kappa shape index (κ2) is 10.9. The summed E-state index contributed by atoms with van der Waals surface area (Å²) in [6, 6.07) is 30.4. The lowest BCUT2D eigenvalue weighted by molar-refractivity contribution is 0.103. The van der Waals surface area contributed by atoms with Crippen molar-refractivity contribution in [1.29, 1.82) is 0 Å². The Morgan fingerprint density at radius 1 is 0.805 bits per heavy atom. The van der Waals surface area contributed by atoms with Crippen LogP contribution in [0.4, 0.5) is 0 Å². The van der Waals surface area contributed by atoms with Crippen molar-refractivity contribution in [2.45, 2.75) is 26.4 Å². The number of hydrogen-bond donors (Lipinski definition) is 0. The fourth-order valence-electron chi connectivity index (χ4n) is 5.81. The van der Waals surface area contributed by atoms with Gasteiger partial charge in [-0.3, -0.25) is 4.79 Å². The Morgan fingerprint density at radius 2 is 1.44 bits per heavy atom. The van der Waals surface area contributed by atoms with E-state index in [1.54, 1.807) is 6.08 Å². The van der Waals surface area contributed by atoms with E-state index in [0.29, 0.717) is 11.1 Å². The number of allylic oxidation sites excluding steroid dienone is 5. The first-order valence-corrected chi connectivity index (χ1v) is 14.0. The van der Waals surface area contributed by atoms with Crippen molar-refractivity contribution in [3.8, 4) is 22.3 Å². The van der Waals surface area contributed by atoms with Gasteiger partial charge >= 0.3 is 0 Å². The van der Waals surface area contributed by atoms with Gasteiger partial charge in [-0.2, -0.15) is 0 Å². The highest BCUT2D eigenvalue weighted by molar-refractivity contribution is 6.09. The number of rotatable bonds is 6. The zero-order valence-corrected chi connectivity index (χ0v) is 23.5. The van der Waals surface area contributed by atoms with Crippen LogP contribution in [-0.4, -0.2) is 11.9 Å². The minimum absolute atomic E-state index is 0.00920. The Morgan fingerprint density at radius 3 is 2.12 bits per heavy atom. The molecule has 1 saturated heterocycles. The fourth-order valence-corrected chi connectivity index (χ4v) is 5.81. The third-order valence-electron chi connectivity index (χ3n) is 8.13. The van der Waals surface area contributed by atoms with Crippen LogP contribution in [0, 0.1) is 13.8 Å². The molecule has 2 heteroatoms. The van der Waals surface area contributed by atoms with Gasteiger partial charge in [0.25, 0.3) is 0 Å². The average molecular weight is 533 g/mol. The molecule has 0 aromatic heterocycles. The Bertz CT molecular complexity index is 1780. The molecule has 6 rings (SSSR count). The van der Waals surface area contributed by atoms with Crippen LogP contribution >= 0.6 is 0 Å². The Balaban J connectivity index is 1.24. The summed E-state index contributed by atoms with van der Waals surface area (Å²) >= 11 is 0. The standard InChI is InChI=1S/C39H32O2/c1-5-32(39-27(4)36-13-8-9-16-37(36)41-39)28-17-21-30(22-18-28)38(40)31-23-19-29(20-24-31)34-14-10-15-35(26(34)3)33-12-7-6-11-25(33)2/h5-15,17-24,37H,1,4,16H2,2-3H3/b39-32-. The number of ketones is 1. The second-order valence-electron chi connectivity index (χ2n) is 10.6. The molecule has 1 fully saturated rings. The minimum Gasteiger partial charge on any atom is -0.484 e. The van der Waals surface area contributed by atoms with Crippen LogP contribution in [0.1, 0.15) is 39.0 Å². The molecular weight excluding hydrogens is 500 g/mol. The van der Waals surface area contributed by atoms with Gasteiger partial charge in [0, 0.05) is 34.3 Å². The summed E-state index contributed by atoms with van der Waals surface area (Å²) in [7, 11) is 0. The van der Waals surface area contributed by atoms with Crippen LogP contribution in [0.3, 0.4) is 0 Å². The van der Waals surface area contributed by atoms with E-state index in [0.717, 1.165) is 40.0 Å². The van der Waals surface area contributed by atoms with E-state index in [2.05, 4.69) is 81.6 Å². The number of carbonyl (C=O) groups is 1. The molecule has 1 heterocycles. The highest BCUT2D eigenvalue weighted by Gasteiger charge is 2.32. The first-order chi connectivity index (χ1) is 20.0. The van der Waals surface area contributed by atoms with Crippen molar-refractivity contribution in [3.63, 3.8) is 0 Å². The minimum atomic E-state index is -0.00920. The van der Waals surface area contributed by atoms with E-state index >= 15 is 0 Å². The van der Waals surface area contributed by atoms with Crippen molar-refractivity contribution in [3.05, 3.63) is 173 Å². The summed E-state index contributed by atoms with van der Waals surface area (Å²) in [6.07, 6.45) is 8.87. The molecule has 200 valence electrons. The van der Waals surface area contributed by atoms with Gasteiger partial charge in [-0.05, 0) is 52.8 Å². The van der Waals surface area contributed by atoms with Crippen molar-refractivity contribution in [2.75, 3.05) is 0 Å². The second-order valence-corrected chi connectivity index (χ2v) is 10.6. The zero-order valence-electron chi connectivity index (χ0n) is 23.5. The van der Waals surface area contributed by atoms with E-state index in [1.807, 2.05) is 54.6 Å². The predicted octanol–water partition coefficient (Wildman–Crippen LogP) is 9.61. The van der Waals surface area contributed by atoms with Gasteiger partial charge in [-0.1, -0.05) is 128 Å². The molecule has 0 bridgehead atoms. The maximum atomic E-state index is 13.4. The zero-order chi connectivity index (χ0) is 28.5. The average Bonchev–Trinajstić information content (AvgIpc) is 3.34. The summed E-state index contributed by atoms with van der Waals surface area (Å²) in [4.78, 5) is 13.4. The first-order valence-electron chi connectivity index (χ1n) is 14.0. The molecule has 0 radical (unpaired) electrons. The van der Waals surface area contributed by atoms with Crippen LogP contribution in [0.2, 0.25) is 0 Å². The van der Waals surface area contributed by atoms with Crippen LogP contribution in [-0.2, 0) is 4.74 Å². The number of ether oxygens (including phenoxy) is 1. The molecular formula is C39H32O2. The molecule has 1 aliphatic carbocycles. The van der Waals surface area contributed by atoms with Gasteiger partial charge in [0.15, 0.2) is 5.78 Å². The maximum Gasteiger partial charge on any atom is 0.193 e. The summed E-state index contributed by atoms with van der Waals surface area (Å²) < 4.78 is 6.25. The van der Waals surface area contributed by atoms with Crippen LogP contribution in [0.5, 0.6) is 0 Å².